The van der Waals surface area contributed by atoms with Gasteiger partial charge >= 0.3 is 0 Å². The summed E-state index contributed by atoms with van der Waals surface area (Å²) in [5.41, 5.74) is 11.0. The molecular formula is C7H8N6. The minimum atomic E-state index is 0.332. The fourth-order valence-electron chi connectivity index (χ4n) is 0.979. The maximum Gasteiger partial charge on any atom is 0.199 e. The van der Waals surface area contributed by atoms with Crippen molar-refractivity contribution in [3.05, 3.63) is 18.5 Å². The third-order valence-corrected chi connectivity index (χ3v) is 1.48. The zero-order chi connectivity index (χ0) is 9.26. The van der Waals surface area contributed by atoms with Gasteiger partial charge in [0, 0.05) is 18.5 Å². The van der Waals surface area contributed by atoms with Crippen LogP contribution < -0.4 is 11.5 Å². The van der Waals surface area contributed by atoms with Crippen molar-refractivity contribution in [1.29, 1.82) is 0 Å². The smallest absolute Gasteiger partial charge is 0.199 e. The maximum absolute atomic E-state index is 5.49. The van der Waals surface area contributed by atoms with E-state index in [1.807, 2.05) is 0 Å². The van der Waals surface area contributed by atoms with Gasteiger partial charge in [-0.1, -0.05) is 0 Å². The molecule has 0 bridgehead atoms. The van der Waals surface area contributed by atoms with Crippen LogP contribution in [0, 0.1) is 0 Å². The summed E-state index contributed by atoms with van der Waals surface area (Å²) in [5.74, 6) is 1.62. The molecule has 0 atom stereocenters. The highest BCUT2D eigenvalue weighted by molar-refractivity contribution is 5.52. The van der Waals surface area contributed by atoms with Gasteiger partial charge in [0.2, 0.25) is 0 Å². The van der Waals surface area contributed by atoms with Gasteiger partial charge in [-0.3, -0.25) is 0 Å². The van der Waals surface area contributed by atoms with Crippen LogP contribution in [0.1, 0.15) is 0 Å². The summed E-state index contributed by atoms with van der Waals surface area (Å²) >= 11 is 0. The number of anilines is 2. The normalized spacial score (nSPS) is 10.2. The number of nitrogen functional groups attached to an aromatic ring is 2. The molecule has 6 heteroatoms. The van der Waals surface area contributed by atoms with Gasteiger partial charge in [0.15, 0.2) is 11.6 Å². The Morgan fingerprint density at radius 2 is 1.85 bits per heavy atom. The van der Waals surface area contributed by atoms with Gasteiger partial charge in [-0.05, 0) is 0 Å². The molecular weight excluding hydrogens is 168 g/mol. The SMILES string of the molecule is Nc1cc(N)nc(-c2ncc[nH]2)n1. The number of rotatable bonds is 1. The van der Waals surface area contributed by atoms with E-state index in [1.165, 1.54) is 6.07 Å². The minimum Gasteiger partial charge on any atom is -0.384 e. The van der Waals surface area contributed by atoms with Gasteiger partial charge in [0.05, 0.1) is 0 Å². The first-order valence-corrected chi connectivity index (χ1v) is 3.65. The van der Waals surface area contributed by atoms with Crippen molar-refractivity contribution < 1.29 is 0 Å². The van der Waals surface area contributed by atoms with Crippen molar-refractivity contribution in [1.82, 2.24) is 19.9 Å². The largest absolute Gasteiger partial charge is 0.384 e. The standard InChI is InChI=1S/C7H8N6/c8-4-3-5(9)13-7(12-4)6-10-1-2-11-6/h1-3H,(H,10,11)(H4,8,9,12,13). The molecule has 2 aromatic rings. The monoisotopic (exact) mass is 176 g/mol. The number of nitrogens with two attached hydrogens (primary N) is 2. The summed E-state index contributed by atoms with van der Waals surface area (Å²) in [7, 11) is 0. The van der Waals surface area contributed by atoms with E-state index in [-0.39, 0.29) is 0 Å². The van der Waals surface area contributed by atoms with Crippen molar-refractivity contribution in [3.8, 4) is 11.6 Å². The fraction of sp³-hybridized carbons (Fsp3) is 0. The van der Waals surface area contributed by atoms with Gasteiger partial charge in [-0.2, -0.15) is 0 Å². The van der Waals surface area contributed by atoms with E-state index in [1.54, 1.807) is 12.4 Å². The molecule has 0 saturated heterocycles. The molecule has 6 nitrogen and oxygen atoms in total. The lowest BCUT2D eigenvalue weighted by Crippen LogP contribution is -2.00. The molecule has 0 spiro atoms. The Bertz CT molecular complexity index is 387. The van der Waals surface area contributed by atoms with E-state index >= 15 is 0 Å². The van der Waals surface area contributed by atoms with Crippen LogP contribution in [0.2, 0.25) is 0 Å². The third kappa shape index (κ3) is 1.41. The first kappa shape index (κ1) is 7.53. The van der Waals surface area contributed by atoms with Gasteiger partial charge in [-0.25, -0.2) is 15.0 Å². The number of H-pyrrole nitrogens is 1. The van der Waals surface area contributed by atoms with Crippen LogP contribution in [0.3, 0.4) is 0 Å². The molecule has 0 radical (unpaired) electrons. The third-order valence-electron chi connectivity index (χ3n) is 1.48. The number of aromatic nitrogens is 4. The molecule has 0 fully saturated rings. The molecule has 2 rings (SSSR count). The van der Waals surface area contributed by atoms with Crippen LogP contribution in [-0.2, 0) is 0 Å². The molecule has 0 amide bonds. The first-order chi connectivity index (χ1) is 6.25. The van der Waals surface area contributed by atoms with Crippen molar-refractivity contribution in [3.63, 3.8) is 0 Å². The van der Waals surface area contributed by atoms with Crippen molar-refractivity contribution >= 4 is 11.6 Å². The molecule has 66 valence electrons. The number of imidazole rings is 1. The molecule has 0 saturated carbocycles. The van der Waals surface area contributed by atoms with E-state index in [4.69, 9.17) is 11.5 Å². The summed E-state index contributed by atoms with van der Waals surface area (Å²) in [6, 6.07) is 1.49. The van der Waals surface area contributed by atoms with Crippen LogP contribution in [0.25, 0.3) is 11.6 Å². The lowest BCUT2D eigenvalue weighted by molar-refractivity contribution is 1.13. The van der Waals surface area contributed by atoms with Crippen LogP contribution in [0.4, 0.5) is 11.6 Å². The summed E-state index contributed by atoms with van der Waals surface area (Å²) in [4.78, 5) is 14.8. The van der Waals surface area contributed by atoms with Crippen molar-refractivity contribution in [2.45, 2.75) is 0 Å². The first-order valence-electron chi connectivity index (χ1n) is 3.65. The quantitative estimate of drug-likeness (QED) is 0.568. The fourth-order valence-corrected chi connectivity index (χ4v) is 0.979. The van der Waals surface area contributed by atoms with Crippen LogP contribution in [0.15, 0.2) is 18.5 Å². The highest BCUT2D eigenvalue weighted by atomic mass is 15.0. The summed E-state index contributed by atoms with van der Waals surface area (Å²) in [6.45, 7) is 0. The van der Waals surface area contributed by atoms with Gasteiger partial charge in [0.25, 0.3) is 0 Å². The minimum absolute atomic E-state index is 0.332. The second kappa shape index (κ2) is 2.74. The number of nitrogens with zero attached hydrogens (tertiary/aromatic N) is 3. The Morgan fingerprint density at radius 3 is 2.38 bits per heavy atom. The van der Waals surface area contributed by atoms with Gasteiger partial charge in [-0.15, -0.1) is 0 Å². The van der Waals surface area contributed by atoms with Gasteiger partial charge < -0.3 is 16.5 Å². The molecule has 0 aliphatic heterocycles. The Balaban J connectivity index is 2.53. The van der Waals surface area contributed by atoms with Crippen LogP contribution in [-0.4, -0.2) is 19.9 Å². The van der Waals surface area contributed by atoms with E-state index in [9.17, 15) is 0 Å². The second-order valence-electron chi connectivity index (χ2n) is 2.48. The molecule has 2 aromatic heterocycles. The zero-order valence-electron chi connectivity index (χ0n) is 6.73. The number of nitrogens with one attached hydrogen (secondary N) is 1. The van der Waals surface area contributed by atoms with E-state index in [0.29, 0.717) is 23.3 Å². The number of hydrogen-bond acceptors (Lipinski definition) is 5. The Labute approximate surface area is 74.0 Å². The Hall–Kier alpha value is -2.11. The summed E-state index contributed by atoms with van der Waals surface area (Å²) < 4.78 is 0. The molecule has 0 aliphatic rings. The Morgan fingerprint density at radius 1 is 1.15 bits per heavy atom. The lowest BCUT2D eigenvalue weighted by atomic mass is 10.5. The molecule has 2 heterocycles. The second-order valence-corrected chi connectivity index (χ2v) is 2.48. The van der Waals surface area contributed by atoms with E-state index in [2.05, 4.69) is 19.9 Å². The molecule has 0 unspecified atom stereocenters. The zero-order valence-corrected chi connectivity index (χ0v) is 6.73. The van der Waals surface area contributed by atoms with E-state index in [0.717, 1.165) is 0 Å². The van der Waals surface area contributed by atoms with Crippen molar-refractivity contribution in [2.75, 3.05) is 11.5 Å². The number of aromatic amines is 1. The van der Waals surface area contributed by atoms with Crippen molar-refractivity contribution in [2.24, 2.45) is 0 Å². The van der Waals surface area contributed by atoms with Gasteiger partial charge in [0.1, 0.15) is 11.6 Å². The molecule has 0 aromatic carbocycles. The summed E-state index contributed by atoms with van der Waals surface area (Å²) in [6.07, 6.45) is 3.29. The maximum atomic E-state index is 5.49. The predicted molar refractivity (Wildman–Crippen MR) is 48.4 cm³/mol. The van der Waals surface area contributed by atoms with Crippen LogP contribution >= 0.6 is 0 Å². The van der Waals surface area contributed by atoms with Crippen LogP contribution in [0.5, 0.6) is 0 Å². The average molecular weight is 176 g/mol. The number of hydrogen-bond donors (Lipinski definition) is 3. The lowest BCUT2D eigenvalue weighted by Gasteiger charge is -1.98. The highest BCUT2D eigenvalue weighted by Gasteiger charge is 2.04. The molecule has 5 N–H and O–H groups in total. The topological polar surface area (TPSA) is 107 Å². The van der Waals surface area contributed by atoms with E-state index < -0.39 is 0 Å². The summed E-state index contributed by atoms with van der Waals surface area (Å²) in [5, 5.41) is 0. The average Bonchev–Trinajstić information content (AvgIpc) is 2.53. The predicted octanol–water partition coefficient (Wildman–Crippen LogP) is 0.0311. The Kier molecular flexibility index (Phi) is 1.59. The molecule has 0 aliphatic carbocycles. The highest BCUT2D eigenvalue weighted by Crippen LogP contribution is 2.12. The molecule has 13 heavy (non-hydrogen) atoms.